The van der Waals surface area contributed by atoms with Crippen LogP contribution in [-0.2, 0) is 22.5 Å². The van der Waals surface area contributed by atoms with Crippen molar-refractivity contribution in [1.82, 2.24) is 18.9 Å². The fourth-order valence-corrected chi connectivity index (χ4v) is 6.30. The molecule has 3 amide bonds. The Hall–Kier alpha value is -4.78. The number of fused-ring (bicyclic) bond motifs is 1. The van der Waals surface area contributed by atoms with Crippen LogP contribution in [0.1, 0.15) is 31.4 Å². The number of rotatable bonds is 10. The first-order chi connectivity index (χ1) is 22.2. The molecule has 2 aromatic carbocycles. The number of nitrogens with one attached hydrogen (secondary N) is 1. The van der Waals surface area contributed by atoms with Crippen LogP contribution < -0.4 is 30.8 Å². The van der Waals surface area contributed by atoms with Gasteiger partial charge in [0.2, 0.25) is 5.91 Å². The number of carbonyl (C=O) groups is 2. The number of carbonyl (C=O) groups excluding carboxylic acids is 2. The minimum atomic E-state index is -0.610. The number of methoxy groups -OCH3 is 4. The number of benzene rings is 2. The lowest BCUT2D eigenvalue weighted by atomic mass is 10.0. The molecule has 1 atom stereocenters. The molecule has 1 fully saturated rings. The molecule has 0 aliphatic carbocycles. The van der Waals surface area contributed by atoms with E-state index < -0.39 is 17.3 Å². The number of piperidine rings is 1. The predicted molar refractivity (Wildman–Crippen MR) is 172 cm³/mol. The van der Waals surface area contributed by atoms with Gasteiger partial charge in [-0.25, -0.2) is 9.59 Å². The summed E-state index contributed by atoms with van der Waals surface area (Å²) in [6.45, 7) is 2.99. The number of nitrogens with zero attached hydrogens (tertiary/aromatic N) is 4. The summed E-state index contributed by atoms with van der Waals surface area (Å²) in [6, 6.07) is 9.98. The second kappa shape index (κ2) is 14.1. The third kappa shape index (κ3) is 6.45. The lowest BCUT2D eigenvalue weighted by molar-refractivity contribution is -0.133. The van der Waals surface area contributed by atoms with Gasteiger partial charge in [-0.05, 0) is 56.0 Å². The molecule has 3 aromatic rings. The van der Waals surface area contributed by atoms with Crippen molar-refractivity contribution in [3.63, 3.8) is 0 Å². The zero-order valence-electron chi connectivity index (χ0n) is 26.9. The largest absolute Gasteiger partial charge is 0.497 e. The van der Waals surface area contributed by atoms with Gasteiger partial charge in [-0.3, -0.25) is 18.7 Å². The van der Waals surface area contributed by atoms with Gasteiger partial charge < -0.3 is 34.1 Å². The maximum Gasteiger partial charge on any atom is 0.331 e. The van der Waals surface area contributed by atoms with E-state index in [0.29, 0.717) is 56.0 Å². The van der Waals surface area contributed by atoms with Crippen molar-refractivity contribution >= 4 is 17.6 Å². The summed E-state index contributed by atoms with van der Waals surface area (Å²) >= 11 is 0. The van der Waals surface area contributed by atoms with Crippen molar-refractivity contribution < 1.29 is 28.5 Å². The average Bonchev–Trinajstić information content (AvgIpc) is 3.23. The molecule has 0 spiro atoms. The molecule has 0 bridgehead atoms. The van der Waals surface area contributed by atoms with Crippen molar-refractivity contribution in [2.24, 2.45) is 0 Å². The van der Waals surface area contributed by atoms with Gasteiger partial charge in [0.15, 0.2) is 11.5 Å². The van der Waals surface area contributed by atoms with Crippen LogP contribution in [0.15, 0.2) is 52.2 Å². The summed E-state index contributed by atoms with van der Waals surface area (Å²) in [7, 11) is 6.08. The maximum atomic E-state index is 13.7. The first kappa shape index (κ1) is 32.6. The Morgan fingerprint density at radius 1 is 0.957 bits per heavy atom. The Labute approximate surface area is 267 Å². The highest BCUT2D eigenvalue weighted by atomic mass is 16.5. The summed E-state index contributed by atoms with van der Waals surface area (Å²) in [5.74, 6) is 1.25. The fourth-order valence-electron chi connectivity index (χ4n) is 6.30. The van der Waals surface area contributed by atoms with Gasteiger partial charge in [-0.15, -0.1) is 0 Å². The Morgan fingerprint density at radius 3 is 2.39 bits per heavy atom. The Balaban J connectivity index is 1.35. The van der Waals surface area contributed by atoms with E-state index in [2.05, 4.69) is 5.32 Å². The van der Waals surface area contributed by atoms with E-state index in [1.807, 2.05) is 23.1 Å². The molecule has 1 saturated heterocycles. The normalized spacial score (nSPS) is 15.9. The summed E-state index contributed by atoms with van der Waals surface area (Å²) < 4.78 is 24.0. The molecule has 2 aliphatic rings. The van der Waals surface area contributed by atoms with Crippen molar-refractivity contribution in [2.45, 2.75) is 44.8 Å². The molecule has 5 rings (SSSR count). The highest BCUT2D eigenvalue weighted by molar-refractivity contribution is 5.91. The molecule has 1 aromatic heterocycles. The SMILES string of the molecule is COC[C@@H](C)n1c(=O)c(-c2cccc(OC)c2OC)cn(CC(=O)N2CCC(N3CCc4cc(OC)ccc4NC3=O)CC2)c1=O. The third-order valence-corrected chi connectivity index (χ3v) is 8.73. The summed E-state index contributed by atoms with van der Waals surface area (Å²) in [5, 5.41) is 3.02. The zero-order valence-corrected chi connectivity index (χ0v) is 26.9. The smallest absolute Gasteiger partial charge is 0.331 e. The number of likely N-dealkylation sites (tertiary alicyclic amines) is 1. The Morgan fingerprint density at radius 2 is 1.72 bits per heavy atom. The van der Waals surface area contributed by atoms with Crippen molar-refractivity contribution in [1.29, 1.82) is 0 Å². The number of anilines is 1. The molecular formula is C33H41N5O8. The number of hydrogen-bond donors (Lipinski definition) is 1. The van der Waals surface area contributed by atoms with E-state index in [-0.39, 0.29) is 36.7 Å². The van der Waals surface area contributed by atoms with Crippen molar-refractivity contribution in [3.8, 4) is 28.4 Å². The molecule has 46 heavy (non-hydrogen) atoms. The molecule has 3 heterocycles. The molecule has 2 aliphatic heterocycles. The van der Waals surface area contributed by atoms with E-state index >= 15 is 0 Å². The topological polar surface area (TPSA) is 134 Å². The van der Waals surface area contributed by atoms with Gasteiger partial charge in [-0.1, -0.05) is 12.1 Å². The second-order valence-corrected chi connectivity index (χ2v) is 11.5. The lowest BCUT2D eigenvalue weighted by Crippen LogP contribution is -2.51. The molecule has 0 unspecified atom stereocenters. The molecule has 0 radical (unpaired) electrons. The van der Waals surface area contributed by atoms with Crippen LogP contribution in [0, 0.1) is 0 Å². The minimum Gasteiger partial charge on any atom is -0.497 e. The number of para-hydroxylation sites is 1. The fraction of sp³-hybridized carbons (Fsp3) is 0.455. The number of aromatic nitrogens is 2. The van der Waals surface area contributed by atoms with Crippen LogP contribution >= 0.6 is 0 Å². The van der Waals surface area contributed by atoms with Gasteiger partial charge >= 0.3 is 11.7 Å². The lowest BCUT2D eigenvalue weighted by Gasteiger charge is -2.38. The predicted octanol–water partition coefficient (Wildman–Crippen LogP) is 2.99. The second-order valence-electron chi connectivity index (χ2n) is 11.5. The van der Waals surface area contributed by atoms with Crippen LogP contribution in [-0.4, -0.2) is 91.6 Å². The highest BCUT2D eigenvalue weighted by Gasteiger charge is 2.32. The van der Waals surface area contributed by atoms with Crippen LogP contribution in [0.25, 0.3) is 11.1 Å². The molecule has 246 valence electrons. The van der Waals surface area contributed by atoms with E-state index in [4.69, 9.17) is 18.9 Å². The van der Waals surface area contributed by atoms with Crippen molar-refractivity contribution in [3.05, 3.63) is 69.0 Å². The van der Waals surface area contributed by atoms with Crippen molar-refractivity contribution in [2.75, 3.05) is 60.0 Å². The van der Waals surface area contributed by atoms with E-state index in [0.717, 1.165) is 21.6 Å². The number of amides is 3. The Kier molecular flexibility index (Phi) is 10.0. The average molecular weight is 636 g/mol. The maximum absolute atomic E-state index is 13.7. The number of urea groups is 1. The first-order valence-corrected chi connectivity index (χ1v) is 15.3. The van der Waals surface area contributed by atoms with Gasteiger partial charge in [-0.2, -0.15) is 0 Å². The summed E-state index contributed by atoms with van der Waals surface area (Å²) in [5.41, 5.74) is 1.28. The first-order valence-electron chi connectivity index (χ1n) is 15.3. The molecular weight excluding hydrogens is 594 g/mol. The standard InChI is InChI=1S/C33H41N5O8/c1-21(20-43-2)38-31(40)26(25-7-6-8-28(45-4)30(25)46-5)18-36(33(38)42)19-29(39)35-14-12-23(13-15-35)37-16-11-22-17-24(44-3)9-10-27(22)34-32(37)41/h6-10,17-18,21,23H,11-16,19-20H2,1-5H3,(H,34,41)/t21-/m1/s1. The summed E-state index contributed by atoms with van der Waals surface area (Å²) in [4.78, 5) is 57.6. The molecule has 1 N–H and O–H groups in total. The summed E-state index contributed by atoms with van der Waals surface area (Å²) in [6.07, 6.45) is 3.30. The van der Waals surface area contributed by atoms with Gasteiger partial charge in [0, 0.05) is 50.2 Å². The number of hydrogen-bond acceptors (Lipinski definition) is 8. The Bertz CT molecular complexity index is 1710. The van der Waals surface area contributed by atoms with Crippen LogP contribution in [0.4, 0.5) is 10.5 Å². The zero-order chi connectivity index (χ0) is 33.0. The molecule has 13 nitrogen and oxygen atoms in total. The van der Waals surface area contributed by atoms with E-state index in [1.165, 1.54) is 32.1 Å². The van der Waals surface area contributed by atoms with E-state index in [1.54, 1.807) is 37.1 Å². The minimum absolute atomic E-state index is 0.0353. The third-order valence-electron chi connectivity index (χ3n) is 8.73. The van der Waals surface area contributed by atoms with E-state index in [9.17, 15) is 19.2 Å². The highest BCUT2D eigenvalue weighted by Crippen LogP contribution is 2.36. The number of ether oxygens (including phenoxy) is 4. The molecule has 13 heteroatoms. The molecule has 0 saturated carbocycles. The van der Waals surface area contributed by atoms with Gasteiger partial charge in [0.05, 0.1) is 39.5 Å². The quantitative estimate of drug-likeness (QED) is 0.360. The van der Waals surface area contributed by atoms with Crippen LogP contribution in [0.3, 0.4) is 0 Å². The van der Waals surface area contributed by atoms with Gasteiger partial charge in [0.1, 0.15) is 12.3 Å². The monoisotopic (exact) mass is 635 g/mol. The van der Waals surface area contributed by atoms with Crippen LogP contribution in [0.2, 0.25) is 0 Å². The van der Waals surface area contributed by atoms with Gasteiger partial charge in [0.25, 0.3) is 5.56 Å². The van der Waals surface area contributed by atoms with Crippen LogP contribution in [0.5, 0.6) is 17.2 Å².